The first-order valence-electron chi connectivity index (χ1n) is 10.2. The van der Waals surface area contributed by atoms with E-state index in [0.29, 0.717) is 19.6 Å². The van der Waals surface area contributed by atoms with Crippen LogP contribution in [0.4, 0.5) is 0 Å². The number of hydrogen-bond acceptors (Lipinski definition) is 5. The number of nitrogens with zero attached hydrogens (tertiary/aromatic N) is 3. The van der Waals surface area contributed by atoms with E-state index in [0.717, 1.165) is 50.7 Å². The molecule has 2 aliphatic rings. The van der Waals surface area contributed by atoms with Gasteiger partial charge in [0.2, 0.25) is 0 Å². The summed E-state index contributed by atoms with van der Waals surface area (Å²) in [6, 6.07) is 10.0. The number of sulfone groups is 1. The Morgan fingerprint density at radius 2 is 1.79 bits per heavy atom. The standard InChI is InChI=1S/C20H32N4O3S.HI/c1-2-21-20(22-10-13-23-14-16-28(25,26)17-15-23)24-11-8-19(9-12-24)27-18-6-4-3-5-7-18;/h3-7,19H,2,8-17H2,1H3,(H,21,22);1H. The first-order valence-corrected chi connectivity index (χ1v) is 12.1. The van der Waals surface area contributed by atoms with Crippen molar-refractivity contribution in [1.82, 2.24) is 15.1 Å². The van der Waals surface area contributed by atoms with Crippen LogP contribution in [0.15, 0.2) is 35.3 Å². The number of nitrogens with one attached hydrogen (secondary N) is 1. The number of hydrogen-bond donors (Lipinski definition) is 1. The Morgan fingerprint density at radius 3 is 2.41 bits per heavy atom. The third kappa shape index (κ3) is 7.93. The number of guanidine groups is 1. The lowest BCUT2D eigenvalue weighted by molar-refractivity contribution is 0.129. The Kier molecular flexibility index (Phi) is 9.97. The fraction of sp³-hybridized carbons (Fsp3) is 0.650. The van der Waals surface area contributed by atoms with Gasteiger partial charge in [0.1, 0.15) is 11.9 Å². The van der Waals surface area contributed by atoms with Gasteiger partial charge in [-0.25, -0.2) is 8.42 Å². The minimum Gasteiger partial charge on any atom is -0.490 e. The molecular weight excluding hydrogens is 503 g/mol. The number of likely N-dealkylation sites (tertiary alicyclic amines) is 1. The van der Waals surface area contributed by atoms with Gasteiger partial charge in [0.15, 0.2) is 15.8 Å². The van der Waals surface area contributed by atoms with Crippen molar-refractivity contribution in [2.45, 2.75) is 25.9 Å². The highest BCUT2D eigenvalue weighted by Crippen LogP contribution is 2.18. The molecule has 9 heteroatoms. The maximum Gasteiger partial charge on any atom is 0.193 e. The van der Waals surface area contributed by atoms with E-state index < -0.39 is 9.84 Å². The minimum absolute atomic E-state index is 0. The van der Waals surface area contributed by atoms with Gasteiger partial charge in [-0.1, -0.05) is 18.2 Å². The van der Waals surface area contributed by atoms with Gasteiger partial charge in [-0.3, -0.25) is 9.89 Å². The number of ether oxygens (including phenoxy) is 1. The van der Waals surface area contributed by atoms with Crippen LogP contribution in [0.3, 0.4) is 0 Å². The van der Waals surface area contributed by atoms with E-state index in [4.69, 9.17) is 9.73 Å². The number of piperidine rings is 1. The van der Waals surface area contributed by atoms with Crippen molar-refractivity contribution >= 4 is 39.8 Å². The third-order valence-electron chi connectivity index (χ3n) is 5.24. The fourth-order valence-corrected chi connectivity index (χ4v) is 4.85. The fourth-order valence-electron chi connectivity index (χ4n) is 3.57. The second-order valence-corrected chi connectivity index (χ2v) is 9.65. The monoisotopic (exact) mass is 536 g/mol. The van der Waals surface area contributed by atoms with Crippen LogP contribution in [-0.4, -0.2) is 87.6 Å². The zero-order valence-electron chi connectivity index (χ0n) is 17.1. The van der Waals surface area contributed by atoms with Gasteiger partial charge in [0, 0.05) is 52.1 Å². The van der Waals surface area contributed by atoms with Crippen LogP contribution in [0.2, 0.25) is 0 Å². The van der Waals surface area contributed by atoms with E-state index >= 15 is 0 Å². The highest BCUT2D eigenvalue weighted by atomic mass is 127. The molecule has 0 aliphatic carbocycles. The summed E-state index contributed by atoms with van der Waals surface area (Å²) in [4.78, 5) is 9.27. The quantitative estimate of drug-likeness (QED) is 0.340. The van der Waals surface area contributed by atoms with Crippen molar-refractivity contribution in [3.05, 3.63) is 30.3 Å². The van der Waals surface area contributed by atoms with E-state index in [9.17, 15) is 8.42 Å². The Hall–Kier alpha value is -1.07. The average Bonchev–Trinajstić information content (AvgIpc) is 2.70. The highest BCUT2D eigenvalue weighted by molar-refractivity contribution is 14.0. The van der Waals surface area contributed by atoms with E-state index in [1.807, 2.05) is 30.3 Å². The molecule has 0 unspecified atom stereocenters. The largest absolute Gasteiger partial charge is 0.490 e. The second-order valence-electron chi connectivity index (χ2n) is 7.35. The Labute approximate surface area is 191 Å². The van der Waals surface area contributed by atoms with Gasteiger partial charge in [0.05, 0.1) is 18.1 Å². The van der Waals surface area contributed by atoms with Crippen LogP contribution >= 0.6 is 24.0 Å². The van der Waals surface area contributed by atoms with Crippen LogP contribution in [0, 0.1) is 0 Å². The SMILES string of the molecule is CCNC(=NCCN1CCS(=O)(=O)CC1)N1CCC(Oc2ccccc2)CC1.I. The third-order valence-corrected chi connectivity index (χ3v) is 6.85. The molecule has 0 aromatic heterocycles. The van der Waals surface area contributed by atoms with Crippen molar-refractivity contribution in [2.75, 3.05) is 57.3 Å². The summed E-state index contributed by atoms with van der Waals surface area (Å²) in [5, 5.41) is 3.39. The molecule has 3 rings (SSSR count). The molecule has 2 aliphatic heterocycles. The molecule has 2 saturated heterocycles. The highest BCUT2D eigenvalue weighted by Gasteiger charge is 2.23. The second kappa shape index (κ2) is 11.9. The Bertz CT molecular complexity index is 723. The van der Waals surface area contributed by atoms with E-state index in [2.05, 4.69) is 22.0 Å². The molecule has 164 valence electrons. The minimum atomic E-state index is -2.82. The smallest absolute Gasteiger partial charge is 0.193 e. The van der Waals surface area contributed by atoms with Crippen LogP contribution in [-0.2, 0) is 9.84 Å². The summed E-state index contributed by atoms with van der Waals surface area (Å²) in [5.41, 5.74) is 0. The molecule has 2 fully saturated rings. The van der Waals surface area contributed by atoms with Crippen LogP contribution in [0.1, 0.15) is 19.8 Å². The van der Waals surface area contributed by atoms with Crippen molar-refractivity contribution in [3.63, 3.8) is 0 Å². The number of aliphatic imine (C=N–C) groups is 1. The van der Waals surface area contributed by atoms with Crippen molar-refractivity contribution < 1.29 is 13.2 Å². The summed E-state index contributed by atoms with van der Waals surface area (Å²) in [6.45, 7) is 7.49. The lowest BCUT2D eigenvalue weighted by atomic mass is 10.1. The summed E-state index contributed by atoms with van der Waals surface area (Å²) in [7, 11) is -2.82. The lowest BCUT2D eigenvalue weighted by Crippen LogP contribution is -2.48. The maximum absolute atomic E-state index is 11.5. The van der Waals surface area contributed by atoms with Crippen molar-refractivity contribution in [2.24, 2.45) is 4.99 Å². The molecule has 0 radical (unpaired) electrons. The summed E-state index contributed by atoms with van der Waals surface area (Å²) in [5.74, 6) is 2.42. The van der Waals surface area contributed by atoms with Gasteiger partial charge < -0.3 is 15.0 Å². The first kappa shape index (κ1) is 24.2. The van der Waals surface area contributed by atoms with Gasteiger partial charge in [0.25, 0.3) is 0 Å². The predicted octanol–water partition coefficient (Wildman–Crippen LogP) is 1.84. The molecule has 0 amide bonds. The van der Waals surface area contributed by atoms with Gasteiger partial charge in [-0.05, 0) is 19.1 Å². The molecule has 1 aromatic carbocycles. The van der Waals surface area contributed by atoms with Gasteiger partial charge in [-0.15, -0.1) is 24.0 Å². The molecule has 0 spiro atoms. The van der Waals surface area contributed by atoms with Crippen molar-refractivity contribution in [3.8, 4) is 5.75 Å². The Balaban J connectivity index is 0.00000300. The maximum atomic E-state index is 11.5. The summed E-state index contributed by atoms with van der Waals surface area (Å²) >= 11 is 0. The number of halogens is 1. The summed E-state index contributed by atoms with van der Waals surface area (Å²) < 4.78 is 29.1. The van der Waals surface area contributed by atoms with Crippen LogP contribution in [0.25, 0.3) is 0 Å². The molecular formula is C20H33IN4O3S. The first-order chi connectivity index (χ1) is 13.6. The van der Waals surface area contributed by atoms with Crippen LogP contribution in [0.5, 0.6) is 5.75 Å². The molecule has 1 aromatic rings. The topological polar surface area (TPSA) is 74.2 Å². The lowest BCUT2D eigenvalue weighted by Gasteiger charge is -2.34. The number of benzene rings is 1. The zero-order valence-corrected chi connectivity index (χ0v) is 20.3. The van der Waals surface area contributed by atoms with Crippen LogP contribution < -0.4 is 10.1 Å². The average molecular weight is 536 g/mol. The number of rotatable bonds is 6. The van der Waals surface area contributed by atoms with Gasteiger partial charge in [-0.2, -0.15) is 0 Å². The summed E-state index contributed by atoms with van der Waals surface area (Å²) in [6.07, 6.45) is 2.20. The molecule has 29 heavy (non-hydrogen) atoms. The molecule has 0 bridgehead atoms. The van der Waals surface area contributed by atoms with Gasteiger partial charge >= 0.3 is 0 Å². The van der Waals surface area contributed by atoms with E-state index in [1.54, 1.807) is 0 Å². The molecule has 1 N–H and O–H groups in total. The van der Waals surface area contributed by atoms with E-state index in [1.165, 1.54) is 0 Å². The van der Waals surface area contributed by atoms with E-state index in [-0.39, 0.29) is 41.6 Å². The van der Waals surface area contributed by atoms with Crippen molar-refractivity contribution in [1.29, 1.82) is 0 Å². The molecule has 7 nitrogen and oxygen atoms in total. The number of para-hydroxylation sites is 1. The normalized spacial score (nSPS) is 20.7. The molecule has 0 saturated carbocycles. The molecule has 0 atom stereocenters. The zero-order chi connectivity index (χ0) is 19.8. The Morgan fingerprint density at radius 1 is 1.14 bits per heavy atom. The molecule has 2 heterocycles. The predicted molar refractivity (Wildman–Crippen MR) is 128 cm³/mol.